The Bertz CT molecular complexity index is 803. The first-order valence-electron chi connectivity index (χ1n) is 9.83. The molecule has 0 aromatic carbocycles. The van der Waals surface area contributed by atoms with Gasteiger partial charge in [0, 0.05) is 38.9 Å². The molecule has 1 atom stereocenters. The number of hydrogen-bond acceptors (Lipinski definition) is 5. The van der Waals surface area contributed by atoms with E-state index >= 15 is 0 Å². The maximum absolute atomic E-state index is 14.0. The minimum absolute atomic E-state index is 0.176. The van der Waals surface area contributed by atoms with Crippen molar-refractivity contribution in [2.75, 3.05) is 24.5 Å². The molecule has 1 aliphatic rings. The minimum Gasteiger partial charge on any atom is -0.356 e. The number of anilines is 1. The zero-order valence-electron chi connectivity index (χ0n) is 16.8. The lowest BCUT2D eigenvalue weighted by Gasteiger charge is -2.20. The maximum Gasteiger partial charge on any atom is 0.191 e. The van der Waals surface area contributed by atoms with Crippen LogP contribution < -0.4 is 15.5 Å². The lowest BCUT2D eigenvalue weighted by atomic mass is 10.3. The summed E-state index contributed by atoms with van der Waals surface area (Å²) in [7, 11) is 1.94. The number of hydrogen-bond donors (Lipinski definition) is 2. The minimum atomic E-state index is -0.282. The maximum atomic E-state index is 14.0. The molecule has 3 heterocycles. The first kappa shape index (κ1) is 20.0. The van der Waals surface area contributed by atoms with Gasteiger partial charge in [-0.25, -0.2) is 14.4 Å². The number of rotatable bonds is 7. The molecule has 2 N–H and O–H groups in total. The lowest BCUT2D eigenvalue weighted by Crippen LogP contribution is -2.45. The third kappa shape index (κ3) is 4.96. The fourth-order valence-electron chi connectivity index (χ4n) is 3.15. The van der Waals surface area contributed by atoms with E-state index in [0.29, 0.717) is 18.9 Å². The van der Waals surface area contributed by atoms with Gasteiger partial charge in [0.05, 0.1) is 0 Å². The van der Waals surface area contributed by atoms with E-state index in [-0.39, 0.29) is 11.9 Å². The molecule has 0 aliphatic carbocycles. The van der Waals surface area contributed by atoms with Crippen molar-refractivity contribution in [1.29, 1.82) is 0 Å². The number of pyridine rings is 1. The van der Waals surface area contributed by atoms with Crippen LogP contribution in [-0.2, 0) is 13.6 Å². The van der Waals surface area contributed by atoms with Crippen LogP contribution >= 0.6 is 0 Å². The normalized spacial score (nSPS) is 17.2. The van der Waals surface area contributed by atoms with Crippen molar-refractivity contribution in [2.45, 2.75) is 45.7 Å². The summed E-state index contributed by atoms with van der Waals surface area (Å²) < 4.78 is 15.9. The predicted octanol–water partition coefficient (Wildman–Crippen LogP) is 1.77. The fraction of sp³-hybridized carbons (Fsp3) is 0.579. The lowest BCUT2D eigenvalue weighted by molar-refractivity contribution is 0.611. The number of nitrogens with one attached hydrogen (secondary N) is 2. The highest BCUT2D eigenvalue weighted by Gasteiger charge is 2.26. The number of nitrogens with zero attached hydrogens (tertiary/aromatic N) is 6. The van der Waals surface area contributed by atoms with Gasteiger partial charge in [0.2, 0.25) is 0 Å². The smallest absolute Gasteiger partial charge is 0.191 e. The van der Waals surface area contributed by atoms with Crippen LogP contribution in [0.3, 0.4) is 0 Å². The first-order chi connectivity index (χ1) is 13.6. The first-order valence-corrected chi connectivity index (χ1v) is 9.83. The molecule has 2 aromatic rings. The largest absolute Gasteiger partial charge is 0.356 e. The molecule has 0 spiro atoms. The Kier molecular flexibility index (Phi) is 6.78. The highest BCUT2D eigenvalue weighted by molar-refractivity contribution is 5.80. The zero-order valence-corrected chi connectivity index (χ0v) is 16.8. The van der Waals surface area contributed by atoms with Gasteiger partial charge in [-0.05, 0) is 31.9 Å². The molecule has 0 bridgehead atoms. The van der Waals surface area contributed by atoms with Gasteiger partial charge >= 0.3 is 0 Å². The number of unbranched alkanes of at least 4 members (excludes halogenated alkanes) is 1. The van der Waals surface area contributed by atoms with Gasteiger partial charge in [-0.2, -0.15) is 0 Å². The van der Waals surface area contributed by atoms with E-state index < -0.39 is 0 Å². The van der Waals surface area contributed by atoms with E-state index in [1.54, 1.807) is 12.3 Å². The Labute approximate surface area is 165 Å². The van der Waals surface area contributed by atoms with Crippen LogP contribution in [0, 0.1) is 12.7 Å². The van der Waals surface area contributed by atoms with Gasteiger partial charge < -0.3 is 20.1 Å². The molecule has 1 unspecified atom stereocenters. The second-order valence-electron chi connectivity index (χ2n) is 7.05. The van der Waals surface area contributed by atoms with E-state index in [0.717, 1.165) is 50.0 Å². The summed E-state index contributed by atoms with van der Waals surface area (Å²) in [6.45, 7) is 6.82. The van der Waals surface area contributed by atoms with Gasteiger partial charge in [0.25, 0.3) is 0 Å². The van der Waals surface area contributed by atoms with Crippen LogP contribution in [0.5, 0.6) is 0 Å². The van der Waals surface area contributed by atoms with Crippen molar-refractivity contribution in [3.8, 4) is 0 Å². The number of guanidine groups is 1. The van der Waals surface area contributed by atoms with Crippen LogP contribution in [0.25, 0.3) is 0 Å². The molecule has 2 aromatic heterocycles. The highest BCUT2D eigenvalue weighted by atomic mass is 19.1. The number of aryl methyl sites for hydroxylation is 1. The molecule has 1 saturated heterocycles. The summed E-state index contributed by atoms with van der Waals surface area (Å²) in [5.74, 6) is 2.57. The Balaban J connectivity index is 1.63. The molecule has 0 amide bonds. The molecule has 1 fully saturated rings. The number of aliphatic imine (C=N–C) groups is 1. The second kappa shape index (κ2) is 9.48. The Morgan fingerprint density at radius 2 is 2.25 bits per heavy atom. The van der Waals surface area contributed by atoms with Crippen molar-refractivity contribution in [1.82, 2.24) is 30.4 Å². The van der Waals surface area contributed by atoms with Crippen molar-refractivity contribution >= 4 is 11.8 Å². The van der Waals surface area contributed by atoms with Crippen LogP contribution in [-0.4, -0.2) is 51.4 Å². The van der Waals surface area contributed by atoms with Gasteiger partial charge in [0.1, 0.15) is 12.4 Å². The summed E-state index contributed by atoms with van der Waals surface area (Å²) in [5, 5.41) is 15.1. The van der Waals surface area contributed by atoms with Crippen LogP contribution in [0.2, 0.25) is 0 Å². The predicted molar refractivity (Wildman–Crippen MR) is 108 cm³/mol. The third-order valence-corrected chi connectivity index (χ3v) is 4.95. The van der Waals surface area contributed by atoms with Gasteiger partial charge in [0.15, 0.2) is 23.4 Å². The van der Waals surface area contributed by atoms with E-state index in [4.69, 9.17) is 0 Å². The van der Waals surface area contributed by atoms with E-state index in [9.17, 15) is 4.39 Å². The summed E-state index contributed by atoms with van der Waals surface area (Å²) in [4.78, 5) is 10.8. The molecule has 28 heavy (non-hydrogen) atoms. The third-order valence-electron chi connectivity index (χ3n) is 4.95. The molecule has 3 rings (SSSR count). The fourth-order valence-corrected chi connectivity index (χ4v) is 3.15. The standard InChI is InChI=1S/C19H29FN8/c1-4-5-9-22-19(23-12-17-26-25-14(2)27(17)3)24-15-8-11-28(13-15)18-16(20)7-6-10-21-18/h6-7,10,15H,4-5,8-9,11-13H2,1-3H3,(H2,22,23,24). The van der Waals surface area contributed by atoms with Crippen LogP contribution in [0.1, 0.15) is 37.8 Å². The second-order valence-corrected chi connectivity index (χ2v) is 7.05. The average molecular weight is 388 g/mol. The number of halogens is 1. The molecule has 1 aliphatic heterocycles. The van der Waals surface area contributed by atoms with E-state index in [1.165, 1.54) is 6.07 Å². The van der Waals surface area contributed by atoms with Crippen molar-refractivity contribution in [2.24, 2.45) is 12.0 Å². The zero-order chi connectivity index (χ0) is 19.9. The average Bonchev–Trinajstić information content (AvgIpc) is 3.28. The van der Waals surface area contributed by atoms with Crippen molar-refractivity contribution < 1.29 is 4.39 Å². The van der Waals surface area contributed by atoms with Crippen LogP contribution in [0.15, 0.2) is 23.3 Å². The topological polar surface area (TPSA) is 83.3 Å². The molecule has 9 heteroatoms. The van der Waals surface area contributed by atoms with Gasteiger partial charge in [-0.3, -0.25) is 0 Å². The molecular weight excluding hydrogens is 359 g/mol. The Hall–Kier alpha value is -2.71. The van der Waals surface area contributed by atoms with Crippen molar-refractivity contribution in [3.05, 3.63) is 35.8 Å². The molecule has 8 nitrogen and oxygen atoms in total. The summed E-state index contributed by atoms with van der Waals surface area (Å²) in [5.41, 5.74) is 0. The van der Waals surface area contributed by atoms with Gasteiger partial charge in [-0.1, -0.05) is 13.3 Å². The van der Waals surface area contributed by atoms with E-state index in [1.807, 2.05) is 23.4 Å². The molecule has 0 saturated carbocycles. The summed E-state index contributed by atoms with van der Waals surface area (Å²) in [6.07, 6.45) is 4.70. The van der Waals surface area contributed by atoms with Crippen LogP contribution in [0.4, 0.5) is 10.2 Å². The van der Waals surface area contributed by atoms with Gasteiger partial charge in [-0.15, -0.1) is 10.2 Å². The monoisotopic (exact) mass is 388 g/mol. The Morgan fingerprint density at radius 3 is 2.96 bits per heavy atom. The molecular formula is C19H29FN8. The Morgan fingerprint density at radius 1 is 1.39 bits per heavy atom. The molecule has 0 radical (unpaired) electrons. The highest BCUT2D eigenvalue weighted by Crippen LogP contribution is 2.20. The summed E-state index contributed by atoms with van der Waals surface area (Å²) in [6, 6.07) is 3.24. The van der Waals surface area contributed by atoms with E-state index in [2.05, 4.69) is 37.7 Å². The quantitative estimate of drug-likeness (QED) is 0.427. The molecule has 152 valence electrons. The summed E-state index contributed by atoms with van der Waals surface area (Å²) >= 11 is 0. The van der Waals surface area contributed by atoms with Crippen molar-refractivity contribution in [3.63, 3.8) is 0 Å². The SMILES string of the molecule is CCCCNC(=NCc1nnc(C)n1C)NC1CCN(c2ncccc2F)C1. The number of aromatic nitrogens is 4.